The first-order valence-corrected chi connectivity index (χ1v) is 14.9. The number of benzene rings is 3. The molecule has 0 radical (unpaired) electrons. The number of hydrogen-bond acceptors (Lipinski definition) is 6. The maximum absolute atomic E-state index is 15.1. The molecule has 2 saturated heterocycles. The van der Waals surface area contributed by atoms with Gasteiger partial charge in [0.05, 0.1) is 12.1 Å². The molecule has 3 heterocycles. The highest BCUT2D eigenvalue weighted by Gasteiger charge is 2.38. The van der Waals surface area contributed by atoms with Gasteiger partial charge >= 0.3 is 0 Å². The summed E-state index contributed by atoms with van der Waals surface area (Å²) in [6.07, 6.45) is 1.45. The van der Waals surface area contributed by atoms with Crippen LogP contribution in [0.2, 0.25) is 0 Å². The van der Waals surface area contributed by atoms with Gasteiger partial charge in [-0.3, -0.25) is 19.3 Å². The summed E-state index contributed by atoms with van der Waals surface area (Å²) in [4.78, 5) is 43.1. The molecule has 0 saturated carbocycles. The summed E-state index contributed by atoms with van der Waals surface area (Å²) in [5, 5.41) is 5.27. The molecule has 3 aromatic rings. The molecule has 9 nitrogen and oxygen atoms in total. The fourth-order valence-electron chi connectivity index (χ4n) is 6.17. The average Bonchev–Trinajstić information content (AvgIpc) is 3.37. The van der Waals surface area contributed by atoms with Crippen molar-refractivity contribution >= 4 is 23.4 Å². The zero-order valence-electron chi connectivity index (χ0n) is 24.6. The van der Waals surface area contributed by atoms with Crippen LogP contribution in [0, 0.1) is 11.6 Å². The zero-order valence-corrected chi connectivity index (χ0v) is 24.6. The molecule has 11 heteroatoms. The molecule has 0 bridgehead atoms. The predicted octanol–water partition coefficient (Wildman–Crippen LogP) is 3.46. The number of ether oxygens (including phenoxy) is 1. The molecular formula is C33H35F2N5O4. The number of nitrogens with one attached hydrogen (secondary N) is 2. The SMILES string of the molecule is CNC(=O)c1ccc(N2CCN(Cc3ccc(COc4cccc5c4CN([C@H]4CCCNC4=O)C5=O)c(F)c3)CC2)cc1F. The molecule has 3 aromatic carbocycles. The molecule has 1 atom stereocenters. The van der Waals surface area contributed by atoms with Crippen molar-refractivity contribution in [3.05, 3.63) is 94.0 Å². The minimum absolute atomic E-state index is 0.00854. The first kappa shape index (κ1) is 29.6. The van der Waals surface area contributed by atoms with Crippen LogP contribution in [0.4, 0.5) is 14.5 Å². The minimum atomic E-state index is -0.551. The molecule has 230 valence electrons. The van der Waals surface area contributed by atoms with E-state index in [4.69, 9.17) is 4.74 Å². The largest absolute Gasteiger partial charge is 0.488 e. The van der Waals surface area contributed by atoms with E-state index in [1.807, 2.05) is 6.07 Å². The van der Waals surface area contributed by atoms with Crippen molar-refractivity contribution in [2.45, 2.75) is 38.6 Å². The summed E-state index contributed by atoms with van der Waals surface area (Å²) >= 11 is 0. The van der Waals surface area contributed by atoms with Gasteiger partial charge in [-0.1, -0.05) is 18.2 Å². The van der Waals surface area contributed by atoms with Crippen LogP contribution in [0.3, 0.4) is 0 Å². The molecule has 0 aliphatic carbocycles. The molecule has 6 rings (SSSR count). The molecule has 44 heavy (non-hydrogen) atoms. The van der Waals surface area contributed by atoms with Crippen molar-refractivity contribution in [3.8, 4) is 5.75 Å². The van der Waals surface area contributed by atoms with Crippen LogP contribution in [-0.4, -0.2) is 73.3 Å². The summed E-state index contributed by atoms with van der Waals surface area (Å²) < 4.78 is 35.6. The maximum Gasteiger partial charge on any atom is 0.255 e. The zero-order chi connectivity index (χ0) is 30.8. The Labute approximate surface area is 254 Å². The third kappa shape index (κ3) is 5.96. The molecule has 0 aromatic heterocycles. The molecule has 0 spiro atoms. The van der Waals surface area contributed by atoms with Crippen LogP contribution in [-0.2, 0) is 24.5 Å². The maximum atomic E-state index is 15.1. The lowest BCUT2D eigenvalue weighted by atomic mass is 10.1. The Morgan fingerprint density at radius 2 is 1.84 bits per heavy atom. The van der Waals surface area contributed by atoms with E-state index in [1.54, 1.807) is 35.2 Å². The highest BCUT2D eigenvalue weighted by Crippen LogP contribution is 2.34. The summed E-state index contributed by atoms with van der Waals surface area (Å²) in [6, 6.07) is 14.6. The standard InChI is InChI=1S/C33H35F2N5O4/c1-36-31(41)25-10-9-23(17-28(25)35)39-14-12-38(13-15-39)18-21-7-8-22(27(34)16-21)20-44-30-6-2-4-24-26(30)19-40(33(24)43)29-5-3-11-37-32(29)42/h2,4,6-10,16-17,29H,3,5,11-15,18-20H2,1H3,(H,36,41)(H,37,42)/t29-/m0/s1. The number of nitrogens with zero attached hydrogens (tertiary/aromatic N) is 3. The van der Waals surface area contributed by atoms with Crippen LogP contribution in [0.5, 0.6) is 5.75 Å². The first-order valence-electron chi connectivity index (χ1n) is 14.9. The molecule has 3 amide bonds. The number of amides is 3. The third-order valence-electron chi connectivity index (χ3n) is 8.65. The van der Waals surface area contributed by atoms with E-state index < -0.39 is 17.8 Å². The van der Waals surface area contributed by atoms with Gasteiger partial charge in [0.25, 0.3) is 11.8 Å². The number of anilines is 1. The second-order valence-corrected chi connectivity index (χ2v) is 11.4. The lowest BCUT2D eigenvalue weighted by molar-refractivity contribution is -0.127. The van der Waals surface area contributed by atoms with Gasteiger partial charge in [-0.15, -0.1) is 0 Å². The topological polar surface area (TPSA) is 94.2 Å². The van der Waals surface area contributed by atoms with E-state index in [0.717, 1.165) is 36.3 Å². The van der Waals surface area contributed by atoms with Gasteiger partial charge in [0.1, 0.15) is 30.0 Å². The highest BCUT2D eigenvalue weighted by molar-refractivity contribution is 6.02. The van der Waals surface area contributed by atoms with Crippen molar-refractivity contribution < 1.29 is 27.9 Å². The number of carbonyl (C=O) groups excluding carboxylic acids is 3. The van der Waals surface area contributed by atoms with Crippen LogP contribution >= 0.6 is 0 Å². The normalized spacial score (nSPS) is 18.7. The monoisotopic (exact) mass is 603 g/mol. The Bertz CT molecular complexity index is 1590. The van der Waals surface area contributed by atoms with E-state index >= 15 is 4.39 Å². The Morgan fingerprint density at radius 1 is 1.02 bits per heavy atom. The van der Waals surface area contributed by atoms with E-state index in [9.17, 15) is 18.8 Å². The Hall–Kier alpha value is -4.51. The van der Waals surface area contributed by atoms with Crippen molar-refractivity contribution in [1.29, 1.82) is 0 Å². The van der Waals surface area contributed by atoms with Gasteiger partial charge in [-0.2, -0.15) is 0 Å². The molecule has 0 unspecified atom stereocenters. The molecule has 2 fully saturated rings. The van der Waals surface area contributed by atoms with Crippen molar-refractivity contribution in [2.24, 2.45) is 0 Å². The van der Waals surface area contributed by atoms with E-state index in [2.05, 4.69) is 20.4 Å². The van der Waals surface area contributed by atoms with Crippen molar-refractivity contribution in [1.82, 2.24) is 20.4 Å². The van der Waals surface area contributed by atoms with Gasteiger partial charge in [0.2, 0.25) is 5.91 Å². The summed E-state index contributed by atoms with van der Waals surface area (Å²) in [7, 11) is 1.47. The summed E-state index contributed by atoms with van der Waals surface area (Å²) in [5.74, 6) is -1.18. The quantitative estimate of drug-likeness (QED) is 0.410. The number of fused-ring (bicyclic) bond motifs is 1. The summed E-state index contributed by atoms with van der Waals surface area (Å²) in [5.41, 5.74) is 3.23. The fourth-order valence-corrected chi connectivity index (χ4v) is 6.17. The van der Waals surface area contributed by atoms with Crippen LogP contribution in [0.1, 0.15) is 50.2 Å². The van der Waals surface area contributed by atoms with Gasteiger partial charge in [-0.05, 0) is 54.8 Å². The first-order chi connectivity index (χ1) is 21.3. The number of rotatable bonds is 8. The van der Waals surface area contributed by atoms with E-state index in [1.165, 1.54) is 25.2 Å². The number of piperazine rings is 1. The number of hydrogen-bond donors (Lipinski definition) is 2. The Morgan fingerprint density at radius 3 is 2.57 bits per heavy atom. The van der Waals surface area contributed by atoms with Gasteiger partial charge in [0, 0.05) is 68.7 Å². The fraction of sp³-hybridized carbons (Fsp3) is 0.364. The van der Waals surface area contributed by atoms with Crippen LogP contribution in [0.25, 0.3) is 0 Å². The van der Waals surface area contributed by atoms with E-state index in [0.29, 0.717) is 49.5 Å². The van der Waals surface area contributed by atoms with Gasteiger partial charge in [-0.25, -0.2) is 8.78 Å². The second kappa shape index (κ2) is 12.6. The Balaban J connectivity index is 1.04. The minimum Gasteiger partial charge on any atom is -0.488 e. The summed E-state index contributed by atoms with van der Waals surface area (Å²) in [6.45, 7) is 4.31. The van der Waals surface area contributed by atoms with E-state index in [-0.39, 0.29) is 36.3 Å². The molecule has 3 aliphatic heterocycles. The number of halogens is 2. The van der Waals surface area contributed by atoms with Gasteiger partial charge < -0.3 is 25.2 Å². The molecule has 3 aliphatic rings. The smallest absolute Gasteiger partial charge is 0.255 e. The predicted molar refractivity (Wildman–Crippen MR) is 160 cm³/mol. The number of carbonyl (C=O) groups is 3. The lowest BCUT2D eigenvalue weighted by Gasteiger charge is -2.36. The van der Waals surface area contributed by atoms with Crippen molar-refractivity contribution in [2.75, 3.05) is 44.7 Å². The molecule has 2 N–H and O–H groups in total. The second-order valence-electron chi connectivity index (χ2n) is 11.4. The Kier molecular flexibility index (Phi) is 8.47. The highest BCUT2D eigenvalue weighted by atomic mass is 19.1. The third-order valence-corrected chi connectivity index (χ3v) is 8.65. The average molecular weight is 604 g/mol. The lowest BCUT2D eigenvalue weighted by Crippen LogP contribution is -2.50. The number of piperidine rings is 1. The van der Waals surface area contributed by atoms with Crippen molar-refractivity contribution in [3.63, 3.8) is 0 Å². The molecular weight excluding hydrogens is 568 g/mol. The van der Waals surface area contributed by atoms with Crippen LogP contribution in [0.15, 0.2) is 54.6 Å². The van der Waals surface area contributed by atoms with Gasteiger partial charge in [0.15, 0.2) is 0 Å². The van der Waals surface area contributed by atoms with Crippen LogP contribution < -0.4 is 20.3 Å².